The maximum absolute atomic E-state index is 12.7. The van der Waals surface area contributed by atoms with E-state index in [-0.39, 0.29) is 16.8 Å². The second kappa shape index (κ2) is 9.01. The van der Waals surface area contributed by atoms with Crippen molar-refractivity contribution in [1.29, 1.82) is 0 Å². The van der Waals surface area contributed by atoms with E-state index >= 15 is 0 Å². The summed E-state index contributed by atoms with van der Waals surface area (Å²) in [6, 6.07) is 19.3. The van der Waals surface area contributed by atoms with E-state index in [0.717, 1.165) is 18.2 Å². The molecule has 1 saturated heterocycles. The van der Waals surface area contributed by atoms with E-state index in [0.29, 0.717) is 35.0 Å². The predicted molar refractivity (Wildman–Crippen MR) is 118 cm³/mol. The number of imide groups is 1. The first-order valence-electron chi connectivity index (χ1n) is 9.65. The molecule has 0 unspecified atom stereocenters. The van der Waals surface area contributed by atoms with Gasteiger partial charge in [-0.1, -0.05) is 30.3 Å². The zero-order valence-electron chi connectivity index (χ0n) is 16.4. The summed E-state index contributed by atoms with van der Waals surface area (Å²) in [5.74, 6) is 0.628. The van der Waals surface area contributed by atoms with Crippen LogP contribution in [0.25, 0.3) is 17.4 Å². The van der Waals surface area contributed by atoms with Crippen molar-refractivity contribution in [2.24, 2.45) is 0 Å². The zero-order valence-corrected chi connectivity index (χ0v) is 17.2. The van der Waals surface area contributed by atoms with Gasteiger partial charge in [0.2, 0.25) is 0 Å². The number of hydrogen-bond donors (Lipinski definition) is 0. The molecule has 1 aromatic heterocycles. The minimum Gasteiger partial charge on any atom is -0.457 e. The van der Waals surface area contributed by atoms with Crippen molar-refractivity contribution in [2.45, 2.75) is 12.8 Å². The van der Waals surface area contributed by atoms with Gasteiger partial charge in [0.15, 0.2) is 0 Å². The molecule has 2 amide bonds. The van der Waals surface area contributed by atoms with E-state index in [1.165, 1.54) is 22.6 Å². The fraction of sp³-hybridized carbons (Fsp3) is 0.130. The summed E-state index contributed by atoms with van der Waals surface area (Å²) in [7, 11) is 0. The molecule has 1 fully saturated rings. The van der Waals surface area contributed by atoms with E-state index in [4.69, 9.17) is 4.42 Å². The monoisotopic (exact) mass is 434 g/mol. The van der Waals surface area contributed by atoms with Gasteiger partial charge in [-0.15, -0.1) is 0 Å². The lowest BCUT2D eigenvalue weighted by Gasteiger charge is -2.11. The van der Waals surface area contributed by atoms with Crippen molar-refractivity contribution in [1.82, 2.24) is 4.90 Å². The number of furan rings is 1. The number of benzene rings is 2. The average molecular weight is 434 g/mol. The minimum atomic E-state index is -0.465. The van der Waals surface area contributed by atoms with Crippen LogP contribution >= 0.6 is 11.8 Å². The number of aryl methyl sites for hydroxylation is 1. The molecule has 156 valence electrons. The number of hydrogen-bond acceptors (Lipinski definition) is 6. The predicted octanol–water partition coefficient (Wildman–Crippen LogP) is 5.52. The largest absolute Gasteiger partial charge is 0.457 e. The Morgan fingerprint density at radius 3 is 2.45 bits per heavy atom. The Morgan fingerprint density at radius 1 is 1.00 bits per heavy atom. The Morgan fingerprint density at radius 2 is 1.74 bits per heavy atom. The molecule has 1 aliphatic rings. The summed E-state index contributed by atoms with van der Waals surface area (Å²) in [5.41, 5.74) is 1.84. The molecule has 3 aromatic rings. The molecule has 4 rings (SSSR count). The van der Waals surface area contributed by atoms with E-state index in [2.05, 4.69) is 0 Å². The molecular formula is C23H18N2O5S. The number of amides is 2. The number of thioether (sulfide) groups is 1. The highest BCUT2D eigenvalue weighted by Crippen LogP contribution is 2.33. The smallest absolute Gasteiger partial charge is 0.293 e. The molecular weight excluding hydrogens is 416 g/mol. The van der Waals surface area contributed by atoms with Crippen molar-refractivity contribution in [3.63, 3.8) is 0 Å². The lowest BCUT2D eigenvalue weighted by molar-refractivity contribution is -0.384. The molecule has 0 bridgehead atoms. The molecule has 0 spiro atoms. The molecule has 8 heteroatoms. The third-order valence-corrected chi connectivity index (χ3v) is 5.73. The molecule has 2 heterocycles. The second-order valence-corrected chi connectivity index (χ2v) is 7.92. The van der Waals surface area contributed by atoms with Gasteiger partial charge in [-0.3, -0.25) is 24.6 Å². The van der Waals surface area contributed by atoms with Crippen LogP contribution in [-0.4, -0.2) is 27.5 Å². The summed E-state index contributed by atoms with van der Waals surface area (Å²) < 4.78 is 5.75. The quantitative estimate of drug-likeness (QED) is 0.276. The molecule has 0 saturated carbocycles. The number of nitro groups is 1. The van der Waals surface area contributed by atoms with Gasteiger partial charge in [0.25, 0.3) is 16.8 Å². The van der Waals surface area contributed by atoms with E-state index in [1.807, 2.05) is 30.3 Å². The highest BCUT2D eigenvalue weighted by atomic mass is 32.2. The summed E-state index contributed by atoms with van der Waals surface area (Å²) >= 11 is 0.897. The SMILES string of the molecule is O=C1SC(=Cc2ccc(-c3ccc([N+](=O)[O-])cc3)o2)C(=O)N1CCCc1ccccc1. The Balaban J connectivity index is 1.41. The van der Waals surface area contributed by atoms with Gasteiger partial charge in [-0.05, 0) is 54.4 Å². The van der Waals surface area contributed by atoms with E-state index in [1.54, 1.807) is 30.3 Å². The first-order chi connectivity index (χ1) is 15.0. The van der Waals surface area contributed by atoms with Gasteiger partial charge in [-0.2, -0.15) is 0 Å². The number of carbonyl (C=O) groups is 2. The maximum atomic E-state index is 12.7. The van der Waals surface area contributed by atoms with Crippen molar-refractivity contribution >= 4 is 34.7 Å². The first kappa shape index (κ1) is 20.6. The molecule has 2 aromatic carbocycles. The summed E-state index contributed by atoms with van der Waals surface area (Å²) in [4.78, 5) is 36.8. The fourth-order valence-corrected chi connectivity index (χ4v) is 4.09. The Kier molecular flexibility index (Phi) is 5.99. The van der Waals surface area contributed by atoms with Gasteiger partial charge in [0, 0.05) is 30.3 Å². The lowest BCUT2D eigenvalue weighted by Crippen LogP contribution is -2.29. The second-order valence-electron chi connectivity index (χ2n) is 6.93. The van der Waals surface area contributed by atoms with E-state index in [9.17, 15) is 19.7 Å². The summed E-state index contributed by atoms with van der Waals surface area (Å²) in [6.07, 6.45) is 3.04. The molecule has 31 heavy (non-hydrogen) atoms. The van der Waals surface area contributed by atoms with Crippen LogP contribution < -0.4 is 0 Å². The Labute approximate surface area is 182 Å². The van der Waals surface area contributed by atoms with Gasteiger partial charge in [0.1, 0.15) is 11.5 Å². The molecule has 1 aliphatic heterocycles. The van der Waals surface area contributed by atoms with Crippen molar-refractivity contribution in [3.8, 4) is 11.3 Å². The number of nitrogens with zero attached hydrogens (tertiary/aromatic N) is 2. The molecule has 0 aliphatic carbocycles. The average Bonchev–Trinajstić information content (AvgIpc) is 3.34. The zero-order chi connectivity index (χ0) is 21.8. The molecule has 0 atom stereocenters. The third kappa shape index (κ3) is 4.75. The van der Waals surface area contributed by atoms with Crippen LogP contribution in [0, 0.1) is 10.1 Å². The number of rotatable bonds is 7. The normalized spacial score (nSPS) is 15.1. The van der Waals surface area contributed by atoms with Gasteiger partial charge >= 0.3 is 0 Å². The minimum absolute atomic E-state index is 0.00327. The molecule has 0 N–H and O–H groups in total. The number of carbonyl (C=O) groups excluding carboxylic acids is 2. The number of non-ortho nitro benzene ring substituents is 1. The first-order valence-corrected chi connectivity index (χ1v) is 10.5. The Bertz CT molecular complexity index is 1150. The van der Waals surface area contributed by atoms with Gasteiger partial charge in [0.05, 0.1) is 9.83 Å². The van der Waals surface area contributed by atoms with Crippen LogP contribution in [0.3, 0.4) is 0 Å². The standard InChI is InChI=1S/C23H18N2O5S/c26-22-21(31-23(27)24(22)14-4-7-16-5-2-1-3-6-16)15-19-12-13-20(30-19)17-8-10-18(11-9-17)25(28)29/h1-3,5-6,8-13,15H,4,7,14H2. The highest BCUT2D eigenvalue weighted by Gasteiger charge is 2.34. The van der Waals surface area contributed by atoms with Crippen LogP contribution in [-0.2, 0) is 11.2 Å². The van der Waals surface area contributed by atoms with Crippen molar-refractivity contribution < 1.29 is 18.9 Å². The van der Waals surface area contributed by atoms with E-state index < -0.39 is 4.92 Å². The summed E-state index contributed by atoms with van der Waals surface area (Å²) in [6.45, 7) is 0.364. The molecule has 7 nitrogen and oxygen atoms in total. The Hall–Kier alpha value is -3.65. The van der Waals surface area contributed by atoms with Gasteiger partial charge < -0.3 is 4.42 Å². The van der Waals surface area contributed by atoms with Crippen molar-refractivity contribution in [3.05, 3.63) is 93.1 Å². The van der Waals surface area contributed by atoms with Crippen LogP contribution in [0.2, 0.25) is 0 Å². The maximum Gasteiger partial charge on any atom is 0.293 e. The van der Waals surface area contributed by atoms with Gasteiger partial charge in [-0.25, -0.2) is 0 Å². The van der Waals surface area contributed by atoms with Crippen LogP contribution in [0.5, 0.6) is 0 Å². The van der Waals surface area contributed by atoms with Crippen LogP contribution in [0.4, 0.5) is 10.5 Å². The summed E-state index contributed by atoms with van der Waals surface area (Å²) in [5, 5.41) is 10.5. The molecule has 0 radical (unpaired) electrons. The number of nitro benzene ring substituents is 1. The third-order valence-electron chi connectivity index (χ3n) is 4.83. The van der Waals surface area contributed by atoms with Crippen molar-refractivity contribution in [2.75, 3.05) is 6.54 Å². The van der Waals surface area contributed by atoms with Crippen LogP contribution in [0.15, 0.2) is 76.1 Å². The topological polar surface area (TPSA) is 93.7 Å². The fourth-order valence-electron chi connectivity index (χ4n) is 3.24. The van der Waals surface area contributed by atoms with Crippen LogP contribution in [0.1, 0.15) is 17.7 Å². The lowest BCUT2D eigenvalue weighted by atomic mass is 10.1. The highest BCUT2D eigenvalue weighted by molar-refractivity contribution is 8.18.